The largest absolute Gasteiger partial charge is 0.308 e. The Morgan fingerprint density at radius 2 is 1.82 bits per heavy atom. The Balaban J connectivity index is 2.62. The minimum absolute atomic E-state index is 0.210. The summed E-state index contributed by atoms with van der Waals surface area (Å²) >= 11 is 5.80. The van der Waals surface area contributed by atoms with Crippen LogP contribution in [0.4, 0.5) is 11.4 Å². The van der Waals surface area contributed by atoms with Crippen LogP contribution in [0.2, 0.25) is 0 Å². The van der Waals surface area contributed by atoms with Crippen molar-refractivity contribution in [1.29, 1.82) is 0 Å². The van der Waals surface area contributed by atoms with E-state index in [1.165, 1.54) is 4.31 Å². The predicted octanol–water partition coefficient (Wildman–Crippen LogP) is 2.45. The number of benzene rings is 1. The molecule has 0 radical (unpaired) electrons. The molecule has 1 heterocycles. The van der Waals surface area contributed by atoms with Gasteiger partial charge in [-0.05, 0) is 24.5 Å². The number of hydrogen-bond donors (Lipinski definition) is 0. The molecule has 2 rings (SSSR count). The van der Waals surface area contributed by atoms with E-state index in [9.17, 15) is 13.2 Å². The smallest absolute Gasteiger partial charge is 0.251 e. The maximum Gasteiger partial charge on any atom is 0.251 e. The molecular weight excluding hydrogens is 324 g/mol. The van der Waals surface area contributed by atoms with Gasteiger partial charge >= 0.3 is 0 Å². The van der Waals surface area contributed by atoms with Gasteiger partial charge in [-0.3, -0.25) is 9.10 Å². The molecule has 0 saturated carbocycles. The highest BCUT2D eigenvalue weighted by atomic mass is 35.5. The second-order valence-electron chi connectivity index (χ2n) is 5.88. The number of alkyl halides is 1. The van der Waals surface area contributed by atoms with Gasteiger partial charge in [0.2, 0.25) is 10.0 Å². The lowest BCUT2D eigenvalue weighted by molar-refractivity contribution is -0.120. The van der Waals surface area contributed by atoms with Crippen LogP contribution >= 0.6 is 11.6 Å². The van der Waals surface area contributed by atoms with Crippen LogP contribution < -0.4 is 9.21 Å². The number of nitrogens with zero attached hydrogens (tertiary/aromatic N) is 2. The van der Waals surface area contributed by atoms with Crippen molar-refractivity contribution in [1.82, 2.24) is 0 Å². The zero-order chi connectivity index (χ0) is 16.5. The quantitative estimate of drug-likeness (QED) is 0.771. The highest BCUT2D eigenvalue weighted by molar-refractivity contribution is 7.92. The van der Waals surface area contributed by atoms with Crippen molar-refractivity contribution in [2.45, 2.75) is 26.3 Å². The molecule has 0 spiro atoms. The van der Waals surface area contributed by atoms with Gasteiger partial charge in [0.05, 0.1) is 17.6 Å². The summed E-state index contributed by atoms with van der Waals surface area (Å²) in [5.41, 5.74) is 1.18. The number of anilines is 2. The Morgan fingerprint density at radius 1 is 1.23 bits per heavy atom. The van der Waals surface area contributed by atoms with Crippen LogP contribution in [0.5, 0.6) is 0 Å². The third-order valence-corrected chi connectivity index (χ3v) is 4.92. The van der Waals surface area contributed by atoms with Crippen molar-refractivity contribution in [3.05, 3.63) is 24.3 Å². The fourth-order valence-electron chi connectivity index (χ4n) is 2.75. The van der Waals surface area contributed by atoms with E-state index in [2.05, 4.69) is 0 Å². The third-order valence-electron chi connectivity index (χ3n) is 3.53. The molecule has 122 valence electrons. The predicted molar refractivity (Wildman–Crippen MR) is 90.1 cm³/mol. The summed E-state index contributed by atoms with van der Waals surface area (Å²) < 4.78 is 25.7. The van der Waals surface area contributed by atoms with Crippen molar-refractivity contribution in [2.75, 3.05) is 27.9 Å². The lowest BCUT2D eigenvalue weighted by Crippen LogP contribution is -2.56. The zero-order valence-electron chi connectivity index (χ0n) is 13.0. The molecule has 1 aromatic rings. The van der Waals surface area contributed by atoms with Gasteiger partial charge in [-0.1, -0.05) is 26.0 Å². The average Bonchev–Trinajstić information content (AvgIpc) is 2.42. The Hall–Kier alpha value is -1.27. The Morgan fingerprint density at radius 3 is 2.32 bits per heavy atom. The lowest BCUT2D eigenvalue weighted by atomic mass is 10.0. The van der Waals surface area contributed by atoms with Gasteiger partial charge in [0.15, 0.2) is 0 Å². The van der Waals surface area contributed by atoms with Crippen LogP contribution in [0.25, 0.3) is 0 Å². The fourth-order valence-corrected chi connectivity index (χ4v) is 4.13. The molecule has 0 bridgehead atoms. The molecule has 7 heteroatoms. The summed E-state index contributed by atoms with van der Waals surface area (Å²) in [5.74, 6) is 0.289. The minimum Gasteiger partial charge on any atom is -0.308 e. The molecule has 1 aliphatic heterocycles. The molecule has 22 heavy (non-hydrogen) atoms. The summed E-state index contributed by atoms with van der Waals surface area (Å²) in [6, 6.07) is 6.32. The van der Waals surface area contributed by atoms with Gasteiger partial charge in [-0.2, -0.15) is 0 Å². The summed E-state index contributed by atoms with van der Waals surface area (Å²) in [6.07, 6.45) is 1.41. The lowest BCUT2D eigenvalue weighted by Gasteiger charge is -2.42. The topological polar surface area (TPSA) is 57.7 Å². The SMILES string of the molecule is CC(C)CN1C(=O)C(CCCl)N(S(C)(=O)=O)c2ccccc21. The van der Waals surface area contributed by atoms with Crippen molar-refractivity contribution >= 4 is 38.9 Å². The normalized spacial score (nSPS) is 18.8. The third kappa shape index (κ3) is 3.22. The highest BCUT2D eigenvalue weighted by Gasteiger charge is 2.41. The standard InChI is InChI=1S/C15H21ClN2O3S/c1-11(2)10-17-12-6-4-5-7-13(12)18(22(3,20)21)14(8-9-16)15(17)19/h4-7,11,14H,8-10H2,1-3H3. The number of fused-ring (bicyclic) bond motifs is 1. The second-order valence-corrected chi connectivity index (χ2v) is 8.12. The van der Waals surface area contributed by atoms with E-state index >= 15 is 0 Å². The average molecular weight is 345 g/mol. The number of carbonyl (C=O) groups excluding carboxylic acids is 1. The molecule has 1 unspecified atom stereocenters. The van der Waals surface area contributed by atoms with E-state index in [-0.39, 0.29) is 24.1 Å². The summed E-state index contributed by atoms with van der Waals surface area (Å²) in [5, 5.41) is 0. The number of sulfonamides is 1. The number of para-hydroxylation sites is 2. The summed E-state index contributed by atoms with van der Waals surface area (Å²) in [4.78, 5) is 14.5. The van der Waals surface area contributed by atoms with E-state index in [1.54, 1.807) is 23.1 Å². The van der Waals surface area contributed by atoms with Crippen molar-refractivity contribution in [2.24, 2.45) is 5.92 Å². The van der Waals surface area contributed by atoms with E-state index in [0.717, 1.165) is 6.26 Å². The maximum absolute atomic E-state index is 12.8. The van der Waals surface area contributed by atoms with E-state index in [4.69, 9.17) is 11.6 Å². The number of rotatable bonds is 5. The highest BCUT2D eigenvalue weighted by Crippen LogP contribution is 2.38. The van der Waals surface area contributed by atoms with Crippen LogP contribution in [0.3, 0.4) is 0 Å². The van der Waals surface area contributed by atoms with Crippen molar-refractivity contribution < 1.29 is 13.2 Å². The first-order valence-corrected chi connectivity index (χ1v) is 9.61. The molecule has 1 amide bonds. The van der Waals surface area contributed by atoms with Gasteiger partial charge < -0.3 is 4.90 Å². The molecule has 1 aromatic carbocycles. The molecule has 0 N–H and O–H groups in total. The Bertz CT molecular complexity index is 661. The number of carbonyl (C=O) groups is 1. The van der Waals surface area contributed by atoms with E-state index in [1.807, 2.05) is 19.9 Å². The summed E-state index contributed by atoms with van der Waals surface area (Å²) in [6.45, 7) is 4.59. The van der Waals surface area contributed by atoms with Gasteiger partial charge in [0.25, 0.3) is 5.91 Å². The van der Waals surface area contributed by atoms with Crippen LogP contribution in [0.15, 0.2) is 24.3 Å². The Kier molecular flexibility index (Phi) is 5.02. The number of amides is 1. The van der Waals surface area contributed by atoms with Crippen LogP contribution in [0.1, 0.15) is 20.3 Å². The van der Waals surface area contributed by atoms with Crippen molar-refractivity contribution in [3.8, 4) is 0 Å². The second kappa shape index (κ2) is 6.46. The van der Waals surface area contributed by atoms with Gasteiger partial charge in [0, 0.05) is 12.4 Å². The molecule has 0 aliphatic carbocycles. The number of halogens is 1. The molecule has 0 fully saturated rings. The maximum atomic E-state index is 12.8. The first-order chi connectivity index (χ1) is 10.3. The molecule has 1 aliphatic rings. The molecule has 1 atom stereocenters. The fraction of sp³-hybridized carbons (Fsp3) is 0.533. The van der Waals surface area contributed by atoms with Gasteiger partial charge in [0.1, 0.15) is 6.04 Å². The monoisotopic (exact) mass is 344 g/mol. The van der Waals surface area contributed by atoms with Gasteiger partial charge in [-0.15, -0.1) is 11.6 Å². The van der Waals surface area contributed by atoms with Crippen molar-refractivity contribution in [3.63, 3.8) is 0 Å². The first kappa shape index (κ1) is 17.1. The number of hydrogen-bond acceptors (Lipinski definition) is 3. The zero-order valence-corrected chi connectivity index (χ0v) is 14.6. The molecule has 5 nitrogen and oxygen atoms in total. The molecule has 0 saturated heterocycles. The first-order valence-electron chi connectivity index (χ1n) is 7.23. The Labute approximate surface area is 136 Å². The van der Waals surface area contributed by atoms with E-state index in [0.29, 0.717) is 17.9 Å². The molecule has 0 aromatic heterocycles. The van der Waals surface area contributed by atoms with Gasteiger partial charge in [-0.25, -0.2) is 8.42 Å². The molecular formula is C15H21ClN2O3S. The van der Waals surface area contributed by atoms with Crippen LogP contribution in [0, 0.1) is 5.92 Å². The van der Waals surface area contributed by atoms with Crippen LogP contribution in [-0.4, -0.2) is 39.0 Å². The summed E-state index contributed by atoms with van der Waals surface area (Å²) in [7, 11) is -3.57. The minimum atomic E-state index is -3.57. The van der Waals surface area contributed by atoms with Crippen LogP contribution in [-0.2, 0) is 14.8 Å². The van der Waals surface area contributed by atoms with E-state index < -0.39 is 16.1 Å².